The van der Waals surface area contributed by atoms with Crippen LogP contribution in [-0.4, -0.2) is 84.1 Å². The molecule has 0 bridgehead atoms. The number of Topliss-reactive ketones (excluding diaryl/α,β-unsaturated/α-hetero) is 1. The zero-order chi connectivity index (χ0) is 27.2. The molecule has 2 heterocycles. The van der Waals surface area contributed by atoms with E-state index in [1.54, 1.807) is 23.1 Å². The molecule has 0 spiro atoms. The van der Waals surface area contributed by atoms with Gasteiger partial charge in [-0.05, 0) is 47.7 Å². The van der Waals surface area contributed by atoms with E-state index in [4.69, 9.17) is 14.2 Å². The number of ether oxygens (including phenoxy) is 3. The minimum Gasteiger partial charge on any atom is -0.493 e. The largest absolute Gasteiger partial charge is 0.493 e. The summed E-state index contributed by atoms with van der Waals surface area (Å²) in [7, 11) is 1.44. The lowest BCUT2D eigenvalue weighted by atomic mass is 10.1. The molecule has 2 fully saturated rings. The van der Waals surface area contributed by atoms with Crippen LogP contribution in [0.15, 0.2) is 47.4 Å². The molecule has 2 aliphatic rings. The van der Waals surface area contributed by atoms with Crippen molar-refractivity contribution in [3.63, 3.8) is 0 Å². The first-order valence-electron chi connectivity index (χ1n) is 11.5. The minimum atomic E-state index is -0.634. The number of amides is 3. The number of hydrogen-bond donors (Lipinski definition) is 0. The van der Waals surface area contributed by atoms with Crippen LogP contribution in [0.3, 0.4) is 0 Å². The van der Waals surface area contributed by atoms with Crippen molar-refractivity contribution < 1.29 is 38.3 Å². The van der Waals surface area contributed by atoms with Crippen LogP contribution >= 0.6 is 11.8 Å². The first-order chi connectivity index (χ1) is 18.3. The SMILES string of the molecule is COc1cc(/C=C2\SC(=O)N(CC(=O)c3ccc([N+](=O)[O-])cc3)C2=O)ccc1OCC(=O)N1CCOCC1. The average molecular weight is 542 g/mol. The van der Waals surface area contributed by atoms with E-state index in [1.165, 1.54) is 37.5 Å². The Morgan fingerprint density at radius 3 is 2.47 bits per heavy atom. The normalized spacial score (nSPS) is 16.6. The van der Waals surface area contributed by atoms with Gasteiger partial charge in [0.1, 0.15) is 0 Å². The number of hydrogen-bond acceptors (Lipinski definition) is 10. The Labute approximate surface area is 221 Å². The third-order valence-corrected chi connectivity index (χ3v) is 6.68. The van der Waals surface area contributed by atoms with E-state index in [1.807, 2.05) is 0 Å². The van der Waals surface area contributed by atoms with Crippen molar-refractivity contribution in [1.82, 2.24) is 9.80 Å². The topological polar surface area (TPSA) is 146 Å². The molecule has 0 atom stereocenters. The summed E-state index contributed by atoms with van der Waals surface area (Å²) in [6.07, 6.45) is 1.49. The van der Waals surface area contributed by atoms with Crippen LogP contribution in [0, 0.1) is 10.1 Å². The Morgan fingerprint density at radius 2 is 1.82 bits per heavy atom. The van der Waals surface area contributed by atoms with Gasteiger partial charge in [0.05, 0.1) is 36.7 Å². The number of non-ortho nitro benzene ring substituents is 1. The third-order valence-electron chi connectivity index (χ3n) is 5.78. The number of ketones is 1. The molecule has 2 saturated heterocycles. The zero-order valence-corrected chi connectivity index (χ0v) is 21.1. The van der Waals surface area contributed by atoms with E-state index in [0.717, 1.165) is 4.90 Å². The molecule has 4 rings (SSSR count). The van der Waals surface area contributed by atoms with Crippen LogP contribution in [-0.2, 0) is 14.3 Å². The summed E-state index contributed by atoms with van der Waals surface area (Å²) in [6, 6.07) is 9.76. The van der Waals surface area contributed by atoms with E-state index in [9.17, 15) is 29.3 Å². The molecule has 13 heteroatoms. The fourth-order valence-electron chi connectivity index (χ4n) is 3.73. The number of carbonyl (C=O) groups excluding carboxylic acids is 4. The molecule has 0 N–H and O–H groups in total. The second kappa shape index (κ2) is 11.9. The summed E-state index contributed by atoms with van der Waals surface area (Å²) >= 11 is 0.692. The van der Waals surface area contributed by atoms with Crippen molar-refractivity contribution >= 4 is 46.4 Å². The predicted octanol–water partition coefficient (Wildman–Crippen LogP) is 2.76. The Hall–Kier alpha value is -4.23. The van der Waals surface area contributed by atoms with E-state index in [-0.39, 0.29) is 28.7 Å². The van der Waals surface area contributed by atoms with Crippen LogP contribution in [0.25, 0.3) is 6.08 Å². The molecular formula is C25H23N3O9S. The van der Waals surface area contributed by atoms with Gasteiger partial charge in [-0.25, -0.2) is 0 Å². The minimum absolute atomic E-state index is 0.115. The monoisotopic (exact) mass is 541 g/mol. The summed E-state index contributed by atoms with van der Waals surface area (Å²) in [5.74, 6) is -0.658. The molecular weight excluding hydrogens is 518 g/mol. The third kappa shape index (κ3) is 6.18. The van der Waals surface area contributed by atoms with Gasteiger partial charge in [0, 0.05) is 30.8 Å². The van der Waals surface area contributed by atoms with Gasteiger partial charge < -0.3 is 19.1 Å². The van der Waals surface area contributed by atoms with Crippen molar-refractivity contribution in [2.45, 2.75) is 0 Å². The van der Waals surface area contributed by atoms with E-state index < -0.39 is 28.4 Å². The molecule has 0 aromatic heterocycles. The number of thioether (sulfide) groups is 1. The van der Waals surface area contributed by atoms with Crippen LogP contribution in [0.4, 0.5) is 10.5 Å². The predicted molar refractivity (Wildman–Crippen MR) is 136 cm³/mol. The lowest BCUT2D eigenvalue weighted by Crippen LogP contribution is -2.43. The molecule has 2 aliphatic heterocycles. The average Bonchev–Trinajstić information content (AvgIpc) is 3.19. The maximum Gasteiger partial charge on any atom is 0.293 e. The van der Waals surface area contributed by atoms with Gasteiger partial charge in [-0.3, -0.25) is 34.2 Å². The first-order valence-corrected chi connectivity index (χ1v) is 12.3. The maximum absolute atomic E-state index is 12.8. The number of morpholine rings is 1. The number of rotatable bonds is 9. The Bertz CT molecular complexity index is 1300. The van der Waals surface area contributed by atoms with Gasteiger partial charge in [0.15, 0.2) is 23.9 Å². The maximum atomic E-state index is 12.8. The fraction of sp³-hybridized carbons (Fsp3) is 0.280. The summed E-state index contributed by atoms with van der Waals surface area (Å²) in [5, 5.41) is 10.2. The number of nitrogens with zero attached hydrogens (tertiary/aromatic N) is 3. The second-order valence-electron chi connectivity index (χ2n) is 8.19. The summed E-state index contributed by atoms with van der Waals surface area (Å²) in [5.41, 5.74) is 0.512. The lowest BCUT2D eigenvalue weighted by Gasteiger charge is -2.26. The molecule has 0 unspecified atom stereocenters. The number of methoxy groups -OCH3 is 1. The van der Waals surface area contributed by atoms with Gasteiger partial charge >= 0.3 is 0 Å². The quantitative estimate of drug-likeness (QED) is 0.201. The van der Waals surface area contributed by atoms with E-state index in [0.29, 0.717) is 55.1 Å². The van der Waals surface area contributed by atoms with Crippen molar-refractivity contribution in [1.29, 1.82) is 0 Å². The molecule has 2 aromatic rings. The van der Waals surface area contributed by atoms with Gasteiger partial charge in [-0.2, -0.15) is 0 Å². The Morgan fingerprint density at radius 1 is 1.11 bits per heavy atom. The molecule has 0 aliphatic carbocycles. The number of imide groups is 1. The van der Waals surface area contributed by atoms with Crippen LogP contribution in [0.2, 0.25) is 0 Å². The van der Waals surface area contributed by atoms with Crippen LogP contribution in [0.1, 0.15) is 15.9 Å². The van der Waals surface area contributed by atoms with Gasteiger partial charge in [-0.1, -0.05) is 6.07 Å². The number of nitro groups is 1. The zero-order valence-electron chi connectivity index (χ0n) is 20.3. The van der Waals surface area contributed by atoms with Crippen molar-refractivity contribution in [3.05, 3.63) is 68.6 Å². The summed E-state index contributed by atoms with van der Waals surface area (Å²) in [4.78, 5) is 63.0. The second-order valence-corrected chi connectivity index (χ2v) is 9.18. The first kappa shape index (κ1) is 26.8. The number of carbonyl (C=O) groups is 4. The fourth-order valence-corrected chi connectivity index (χ4v) is 4.57. The molecule has 12 nitrogen and oxygen atoms in total. The van der Waals surface area contributed by atoms with Gasteiger partial charge in [-0.15, -0.1) is 0 Å². The van der Waals surface area contributed by atoms with Gasteiger partial charge in [0.25, 0.3) is 22.7 Å². The highest BCUT2D eigenvalue weighted by atomic mass is 32.2. The standard InChI is InChI=1S/C25H23N3O9S/c1-35-21-12-16(2-7-20(21)37-15-23(30)26-8-10-36-11-9-26)13-22-24(31)27(25(32)38-22)14-19(29)17-3-5-18(6-4-17)28(33)34/h2-7,12-13H,8-11,14-15H2,1H3/b22-13-. The molecule has 0 radical (unpaired) electrons. The van der Waals surface area contributed by atoms with Gasteiger partial charge in [0.2, 0.25) is 0 Å². The van der Waals surface area contributed by atoms with Crippen molar-refractivity contribution in [3.8, 4) is 11.5 Å². The molecule has 0 saturated carbocycles. The highest BCUT2D eigenvalue weighted by Crippen LogP contribution is 2.34. The van der Waals surface area contributed by atoms with Crippen molar-refractivity contribution in [2.75, 3.05) is 46.6 Å². The van der Waals surface area contributed by atoms with E-state index in [2.05, 4.69) is 0 Å². The van der Waals surface area contributed by atoms with Crippen molar-refractivity contribution in [2.24, 2.45) is 0 Å². The van der Waals surface area contributed by atoms with Crippen LogP contribution in [0.5, 0.6) is 11.5 Å². The summed E-state index contributed by atoms with van der Waals surface area (Å²) in [6.45, 7) is 1.32. The molecule has 38 heavy (non-hydrogen) atoms. The molecule has 2 aromatic carbocycles. The summed E-state index contributed by atoms with van der Waals surface area (Å²) < 4.78 is 16.3. The lowest BCUT2D eigenvalue weighted by molar-refractivity contribution is -0.384. The Balaban J connectivity index is 1.41. The van der Waals surface area contributed by atoms with E-state index >= 15 is 0 Å². The smallest absolute Gasteiger partial charge is 0.293 e. The number of nitro benzene ring substituents is 1. The van der Waals surface area contributed by atoms with Crippen LogP contribution < -0.4 is 9.47 Å². The molecule has 198 valence electrons. The highest BCUT2D eigenvalue weighted by molar-refractivity contribution is 8.18. The Kier molecular flexibility index (Phi) is 8.38. The number of benzene rings is 2. The highest BCUT2D eigenvalue weighted by Gasteiger charge is 2.36. The molecule has 3 amide bonds.